The first-order chi connectivity index (χ1) is 7.81. The maximum absolute atomic E-state index is 6.15. The van der Waals surface area contributed by atoms with Crippen LogP contribution in [0.4, 0.5) is 0 Å². The average Bonchev–Trinajstić information content (AvgIpc) is 2.27. The van der Waals surface area contributed by atoms with Gasteiger partial charge in [-0.3, -0.25) is 0 Å². The lowest BCUT2D eigenvalue weighted by Crippen LogP contribution is -1.97. The molecule has 97 valence electrons. The fraction of sp³-hybridized carbons (Fsp3) is 0.933. The Balaban J connectivity index is 2.98. The van der Waals surface area contributed by atoms with Crippen LogP contribution in [0.1, 0.15) is 84.5 Å². The molecule has 16 heavy (non-hydrogen) atoms. The molecule has 0 rings (SSSR count). The summed E-state index contributed by atoms with van der Waals surface area (Å²) in [6.45, 7) is 4.36. The van der Waals surface area contributed by atoms with Crippen LogP contribution in [0.3, 0.4) is 0 Å². The standard InChI is InChI=1S/C15H30Cl/c1-3-5-6-7-8-9-10-11-12-14-15(16)13-4-2/h4,15H,3,5-14H2,1-2H3. The van der Waals surface area contributed by atoms with Crippen LogP contribution in [-0.4, -0.2) is 5.38 Å². The molecule has 0 nitrogen and oxygen atoms in total. The van der Waals surface area contributed by atoms with Crippen LogP contribution in [0.5, 0.6) is 0 Å². The van der Waals surface area contributed by atoms with Gasteiger partial charge < -0.3 is 0 Å². The van der Waals surface area contributed by atoms with Crippen LogP contribution in [0.15, 0.2) is 0 Å². The molecule has 0 saturated heterocycles. The smallest absolute Gasteiger partial charge is 0.0338 e. The third-order valence-electron chi connectivity index (χ3n) is 3.11. The van der Waals surface area contributed by atoms with Gasteiger partial charge in [0, 0.05) is 5.38 Å². The van der Waals surface area contributed by atoms with Gasteiger partial charge in [-0.25, -0.2) is 0 Å². The average molecular weight is 246 g/mol. The van der Waals surface area contributed by atoms with Crippen LogP contribution in [0, 0.1) is 6.42 Å². The van der Waals surface area contributed by atoms with Gasteiger partial charge in [0.1, 0.15) is 0 Å². The Labute approximate surface area is 108 Å². The van der Waals surface area contributed by atoms with E-state index in [0.717, 1.165) is 6.42 Å². The first-order valence-corrected chi connectivity index (χ1v) is 7.66. The molecule has 0 saturated carbocycles. The van der Waals surface area contributed by atoms with Crippen molar-refractivity contribution in [2.75, 3.05) is 0 Å². The highest BCUT2D eigenvalue weighted by Crippen LogP contribution is 2.15. The third-order valence-corrected chi connectivity index (χ3v) is 3.51. The number of hydrogen-bond donors (Lipinski definition) is 0. The molecule has 0 aliphatic carbocycles. The second-order valence-corrected chi connectivity index (χ2v) is 5.48. The van der Waals surface area contributed by atoms with E-state index in [-0.39, 0.29) is 0 Å². The van der Waals surface area contributed by atoms with Crippen molar-refractivity contribution < 1.29 is 0 Å². The van der Waals surface area contributed by atoms with Gasteiger partial charge in [0.25, 0.3) is 0 Å². The zero-order chi connectivity index (χ0) is 12.1. The zero-order valence-corrected chi connectivity index (χ0v) is 12.1. The van der Waals surface area contributed by atoms with Crippen molar-refractivity contribution >= 4 is 11.6 Å². The molecule has 1 atom stereocenters. The SMILES string of the molecule is C[CH]CC(Cl)CCCCCCCCCCC. The molecule has 1 unspecified atom stereocenters. The summed E-state index contributed by atoms with van der Waals surface area (Å²) < 4.78 is 0. The van der Waals surface area contributed by atoms with Crippen molar-refractivity contribution in [3.63, 3.8) is 0 Å². The van der Waals surface area contributed by atoms with Crippen molar-refractivity contribution in [1.82, 2.24) is 0 Å². The maximum Gasteiger partial charge on any atom is 0.0338 e. The summed E-state index contributed by atoms with van der Waals surface area (Å²) >= 11 is 6.15. The molecule has 0 aliphatic rings. The summed E-state index contributed by atoms with van der Waals surface area (Å²) in [5.74, 6) is 0. The maximum atomic E-state index is 6.15. The molecule has 0 N–H and O–H groups in total. The summed E-state index contributed by atoms with van der Waals surface area (Å²) in [5, 5.41) is 0.384. The Bertz CT molecular complexity index is 123. The molecule has 0 aromatic carbocycles. The van der Waals surface area contributed by atoms with Gasteiger partial charge in [-0.15, -0.1) is 11.6 Å². The first-order valence-electron chi connectivity index (χ1n) is 7.23. The number of halogens is 1. The molecule has 1 heteroatoms. The van der Waals surface area contributed by atoms with Crippen LogP contribution >= 0.6 is 11.6 Å². The third kappa shape index (κ3) is 12.4. The minimum absolute atomic E-state index is 0.384. The molecule has 0 aromatic rings. The predicted molar refractivity (Wildman–Crippen MR) is 76.1 cm³/mol. The number of alkyl halides is 1. The van der Waals surface area contributed by atoms with E-state index in [9.17, 15) is 0 Å². The van der Waals surface area contributed by atoms with Gasteiger partial charge in [0.15, 0.2) is 0 Å². The highest BCUT2D eigenvalue weighted by atomic mass is 35.5. The van der Waals surface area contributed by atoms with Crippen molar-refractivity contribution in [2.24, 2.45) is 0 Å². The van der Waals surface area contributed by atoms with E-state index in [1.54, 1.807) is 0 Å². The Morgan fingerprint density at radius 1 is 0.875 bits per heavy atom. The van der Waals surface area contributed by atoms with Crippen LogP contribution in [-0.2, 0) is 0 Å². The summed E-state index contributed by atoms with van der Waals surface area (Å²) in [5.41, 5.74) is 0. The molecule has 0 bridgehead atoms. The largest absolute Gasteiger partial charge is 0.123 e. The van der Waals surface area contributed by atoms with Crippen molar-refractivity contribution in [3.05, 3.63) is 6.42 Å². The van der Waals surface area contributed by atoms with Gasteiger partial charge in [-0.2, -0.15) is 0 Å². The second kappa shape index (κ2) is 13.4. The molecule has 0 spiro atoms. The van der Waals surface area contributed by atoms with Gasteiger partial charge in [-0.05, 0) is 19.3 Å². The quantitative estimate of drug-likeness (QED) is 0.287. The monoisotopic (exact) mass is 245 g/mol. The van der Waals surface area contributed by atoms with Crippen molar-refractivity contribution in [1.29, 1.82) is 0 Å². The number of hydrogen-bond acceptors (Lipinski definition) is 0. The highest BCUT2D eigenvalue weighted by Gasteiger charge is 2.02. The lowest BCUT2D eigenvalue weighted by molar-refractivity contribution is 0.550. The van der Waals surface area contributed by atoms with Gasteiger partial charge >= 0.3 is 0 Å². The first kappa shape index (κ1) is 16.3. The Hall–Kier alpha value is 0.290. The van der Waals surface area contributed by atoms with Gasteiger partial charge in [0.05, 0.1) is 0 Å². The minimum Gasteiger partial charge on any atom is -0.123 e. The molecule has 0 aliphatic heterocycles. The van der Waals surface area contributed by atoms with E-state index in [4.69, 9.17) is 11.6 Å². The second-order valence-electron chi connectivity index (χ2n) is 4.86. The lowest BCUT2D eigenvalue weighted by Gasteiger charge is -2.07. The Morgan fingerprint density at radius 3 is 1.88 bits per heavy atom. The Kier molecular flexibility index (Phi) is 13.6. The van der Waals surface area contributed by atoms with Gasteiger partial charge in [-0.1, -0.05) is 71.6 Å². The Morgan fingerprint density at radius 2 is 1.38 bits per heavy atom. The number of unbranched alkanes of at least 4 members (excludes halogenated alkanes) is 8. The van der Waals surface area contributed by atoms with E-state index in [1.165, 1.54) is 64.2 Å². The molecule has 0 amide bonds. The summed E-state index contributed by atoms with van der Waals surface area (Å²) in [6, 6.07) is 0. The van der Waals surface area contributed by atoms with E-state index in [0.29, 0.717) is 5.38 Å². The summed E-state index contributed by atoms with van der Waals surface area (Å²) in [4.78, 5) is 0. The summed E-state index contributed by atoms with van der Waals surface area (Å²) in [7, 11) is 0. The fourth-order valence-corrected chi connectivity index (χ4v) is 2.38. The molecule has 0 heterocycles. The van der Waals surface area contributed by atoms with Crippen LogP contribution in [0.25, 0.3) is 0 Å². The van der Waals surface area contributed by atoms with Crippen LogP contribution < -0.4 is 0 Å². The normalized spacial score (nSPS) is 12.9. The lowest BCUT2D eigenvalue weighted by atomic mass is 10.0. The van der Waals surface area contributed by atoms with Crippen molar-refractivity contribution in [2.45, 2.75) is 89.9 Å². The van der Waals surface area contributed by atoms with E-state index >= 15 is 0 Å². The molecule has 1 radical (unpaired) electrons. The fourth-order valence-electron chi connectivity index (χ4n) is 2.05. The van der Waals surface area contributed by atoms with Gasteiger partial charge in [0.2, 0.25) is 0 Å². The molecule has 0 fully saturated rings. The molecular formula is C15H30Cl. The summed E-state index contributed by atoms with van der Waals surface area (Å²) in [6.07, 6.45) is 17.1. The highest BCUT2D eigenvalue weighted by molar-refractivity contribution is 6.20. The number of rotatable bonds is 12. The minimum atomic E-state index is 0.384. The van der Waals surface area contributed by atoms with E-state index in [1.807, 2.05) is 0 Å². The van der Waals surface area contributed by atoms with E-state index < -0.39 is 0 Å². The van der Waals surface area contributed by atoms with E-state index in [2.05, 4.69) is 20.3 Å². The molecule has 0 aromatic heterocycles. The topological polar surface area (TPSA) is 0 Å². The zero-order valence-electron chi connectivity index (χ0n) is 11.3. The molecular weight excluding hydrogens is 216 g/mol. The predicted octanol–water partition coefficient (Wildman–Crippen LogP) is 6.13. The van der Waals surface area contributed by atoms with Crippen molar-refractivity contribution in [3.8, 4) is 0 Å². The van der Waals surface area contributed by atoms with Crippen LogP contribution in [0.2, 0.25) is 0 Å².